The summed E-state index contributed by atoms with van der Waals surface area (Å²) in [5.41, 5.74) is 0. The molecule has 0 fully saturated rings. The number of hydrogen-bond acceptors (Lipinski definition) is 2. The van der Waals surface area contributed by atoms with Gasteiger partial charge in [-0.1, -0.05) is 11.6 Å². The fourth-order valence-corrected chi connectivity index (χ4v) is 1.87. The molecule has 0 amide bonds. The number of thioether (sulfide) groups is 1. The Morgan fingerprint density at radius 2 is 2.23 bits per heavy atom. The lowest BCUT2D eigenvalue weighted by atomic mass is 10.3. The van der Waals surface area contributed by atoms with Crippen molar-refractivity contribution in [3.8, 4) is 5.75 Å². The molecule has 1 aromatic rings. The monoisotopic (exact) mass is 220 g/mol. The molecule has 1 nitrogen and oxygen atoms in total. The summed E-state index contributed by atoms with van der Waals surface area (Å²) in [5.74, 6) is 0.150. The Morgan fingerprint density at radius 3 is 2.77 bits per heavy atom. The van der Waals surface area contributed by atoms with Gasteiger partial charge in [0.25, 0.3) is 0 Å². The van der Waals surface area contributed by atoms with Gasteiger partial charge in [-0.2, -0.15) is 0 Å². The van der Waals surface area contributed by atoms with E-state index >= 15 is 0 Å². The van der Waals surface area contributed by atoms with E-state index in [0.717, 1.165) is 0 Å². The lowest BCUT2D eigenvalue weighted by Gasteiger charge is -2.10. The molecule has 0 radical (unpaired) electrons. The van der Waals surface area contributed by atoms with Crippen LogP contribution in [-0.2, 0) is 0 Å². The molecule has 0 aliphatic rings. The third-order valence-corrected chi connectivity index (χ3v) is 2.60. The van der Waals surface area contributed by atoms with E-state index in [0.29, 0.717) is 22.3 Å². The quantitative estimate of drug-likeness (QED) is 0.720. The van der Waals surface area contributed by atoms with E-state index in [9.17, 15) is 4.39 Å². The van der Waals surface area contributed by atoms with Gasteiger partial charge in [0.1, 0.15) is 5.82 Å². The summed E-state index contributed by atoms with van der Waals surface area (Å²) in [6.07, 6.45) is 1.79. The van der Waals surface area contributed by atoms with E-state index in [-0.39, 0.29) is 5.82 Å². The van der Waals surface area contributed by atoms with Crippen LogP contribution in [0.3, 0.4) is 0 Å². The number of rotatable bonds is 3. The summed E-state index contributed by atoms with van der Waals surface area (Å²) in [5, 5.41) is 0.451. The molecule has 0 N–H and O–H groups in total. The zero-order valence-electron chi connectivity index (χ0n) is 7.43. The van der Waals surface area contributed by atoms with Gasteiger partial charge in [0, 0.05) is 0 Å². The van der Waals surface area contributed by atoms with Crippen molar-refractivity contribution < 1.29 is 9.13 Å². The van der Waals surface area contributed by atoms with Crippen molar-refractivity contribution >= 4 is 23.4 Å². The van der Waals surface area contributed by atoms with Gasteiger partial charge in [-0.3, -0.25) is 0 Å². The summed E-state index contributed by atoms with van der Waals surface area (Å²) in [4.78, 5) is 0.467. The van der Waals surface area contributed by atoms with Gasteiger partial charge in [-0.25, -0.2) is 4.39 Å². The smallest absolute Gasteiger partial charge is 0.154 e. The van der Waals surface area contributed by atoms with Crippen LogP contribution in [-0.4, -0.2) is 12.9 Å². The number of ether oxygens (including phenoxy) is 1. The maximum atomic E-state index is 13.2. The largest absolute Gasteiger partial charge is 0.491 e. The molecule has 0 spiro atoms. The summed E-state index contributed by atoms with van der Waals surface area (Å²) in [6.45, 7) is 2.32. The van der Waals surface area contributed by atoms with Gasteiger partial charge < -0.3 is 4.74 Å². The van der Waals surface area contributed by atoms with Crippen molar-refractivity contribution in [2.45, 2.75) is 11.8 Å². The first-order valence-electron chi connectivity index (χ1n) is 3.85. The van der Waals surface area contributed by atoms with Gasteiger partial charge >= 0.3 is 0 Å². The van der Waals surface area contributed by atoms with Crippen molar-refractivity contribution in [3.63, 3.8) is 0 Å². The summed E-state index contributed by atoms with van der Waals surface area (Å²) in [6, 6.07) is 2.85. The van der Waals surface area contributed by atoms with Crippen LogP contribution in [0.1, 0.15) is 6.92 Å². The van der Waals surface area contributed by atoms with Crippen LogP contribution < -0.4 is 4.74 Å². The lowest BCUT2D eigenvalue weighted by Crippen LogP contribution is -1.96. The summed E-state index contributed by atoms with van der Waals surface area (Å²) >= 11 is 7.15. The van der Waals surface area contributed by atoms with Gasteiger partial charge in [0.15, 0.2) is 5.75 Å². The van der Waals surface area contributed by atoms with Crippen molar-refractivity contribution in [3.05, 3.63) is 23.0 Å². The number of halogens is 2. The maximum Gasteiger partial charge on any atom is 0.154 e. The fourth-order valence-electron chi connectivity index (χ4n) is 0.984. The molecule has 0 unspecified atom stereocenters. The van der Waals surface area contributed by atoms with Gasteiger partial charge in [0.05, 0.1) is 16.5 Å². The average molecular weight is 221 g/mol. The Balaban J connectivity index is 3.18. The third kappa shape index (κ3) is 2.29. The third-order valence-electron chi connectivity index (χ3n) is 1.51. The van der Waals surface area contributed by atoms with Crippen molar-refractivity contribution in [1.29, 1.82) is 0 Å². The first kappa shape index (κ1) is 10.7. The Kier molecular flexibility index (Phi) is 3.88. The number of hydrogen-bond donors (Lipinski definition) is 0. The molecule has 0 heterocycles. The second-order valence-electron chi connectivity index (χ2n) is 2.32. The van der Waals surface area contributed by atoms with E-state index in [1.54, 1.807) is 6.26 Å². The van der Waals surface area contributed by atoms with Gasteiger partial charge in [0.2, 0.25) is 0 Å². The van der Waals surface area contributed by atoms with E-state index < -0.39 is 0 Å². The van der Waals surface area contributed by atoms with Crippen LogP contribution >= 0.6 is 23.4 Å². The molecular weight excluding hydrogens is 211 g/mol. The van der Waals surface area contributed by atoms with Crippen LogP contribution in [0.4, 0.5) is 4.39 Å². The van der Waals surface area contributed by atoms with Crippen molar-refractivity contribution in [2.24, 2.45) is 0 Å². The Bertz CT molecular complexity index is 304. The molecule has 0 saturated carbocycles. The highest BCUT2D eigenvalue weighted by molar-refractivity contribution is 7.98. The maximum absolute atomic E-state index is 13.2. The normalized spacial score (nSPS) is 10.2. The Hall–Kier alpha value is -0.410. The highest BCUT2D eigenvalue weighted by Crippen LogP contribution is 2.36. The fraction of sp³-hybridized carbons (Fsp3) is 0.333. The van der Waals surface area contributed by atoms with E-state index in [1.807, 2.05) is 6.92 Å². The molecular formula is C9H10ClFOS. The average Bonchev–Trinajstić information content (AvgIpc) is 2.12. The van der Waals surface area contributed by atoms with Crippen LogP contribution in [0.15, 0.2) is 17.0 Å². The lowest BCUT2D eigenvalue weighted by molar-refractivity contribution is 0.328. The zero-order chi connectivity index (χ0) is 9.84. The highest BCUT2D eigenvalue weighted by Gasteiger charge is 2.12. The first-order chi connectivity index (χ1) is 6.20. The Morgan fingerprint density at radius 1 is 1.54 bits per heavy atom. The standard InChI is InChI=1S/C9H10ClFOS/c1-3-12-8-6(10)4-5-7(11)9(8)13-2/h4-5H,3H2,1-2H3. The molecule has 0 aromatic heterocycles. The minimum absolute atomic E-state index is 0.291. The SMILES string of the molecule is CCOc1c(Cl)ccc(F)c1SC. The molecule has 1 rings (SSSR count). The van der Waals surface area contributed by atoms with Crippen molar-refractivity contribution in [1.82, 2.24) is 0 Å². The predicted octanol–water partition coefficient (Wildman–Crippen LogP) is 3.60. The molecule has 0 saturated heterocycles. The summed E-state index contributed by atoms with van der Waals surface area (Å²) < 4.78 is 18.4. The second-order valence-corrected chi connectivity index (χ2v) is 3.55. The van der Waals surface area contributed by atoms with Gasteiger partial charge in [-0.15, -0.1) is 11.8 Å². The van der Waals surface area contributed by atoms with E-state index in [1.165, 1.54) is 23.9 Å². The zero-order valence-corrected chi connectivity index (χ0v) is 9.01. The topological polar surface area (TPSA) is 9.23 Å². The molecule has 1 aromatic carbocycles. The number of benzene rings is 1. The van der Waals surface area contributed by atoms with Gasteiger partial charge in [-0.05, 0) is 25.3 Å². The molecule has 0 bridgehead atoms. The van der Waals surface area contributed by atoms with E-state index in [2.05, 4.69) is 0 Å². The van der Waals surface area contributed by atoms with Crippen LogP contribution in [0.25, 0.3) is 0 Å². The van der Waals surface area contributed by atoms with Crippen LogP contribution in [0, 0.1) is 5.82 Å². The van der Waals surface area contributed by atoms with Crippen LogP contribution in [0.2, 0.25) is 5.02 Å². The molecule has 13 heavy (non-hydrogen) atoms. The summed E-state index contributed by atoms with van der Waals surface area (Å²) in [7, 11) is 0. The first-order valence-corrected chi connectivity index (χ1v) is 5.45. The van der Waals surface area contributed by atoms with Crippen molar-refractivity contribution in [2.75, 3.05) is 12.9 Å². The predicted molar refractivity (Wildman–Crippen MR) is 54.4 cm³/mol. The Labute approximate surface area is 86.2 Å². The highest BCUT2D eigenvalue weighted by atomic mass is 35.5. The molecule has 0 aliphatic heterocycles. The molecule has 72 valence electrons. The minimum atomic E-state index is -0.291. The minimum Gasteiger partial charge on any atom is -0.491 e. The van der Waals surface area contributed by atoms with E-state index in [4.69, 9.17) is 16.3 Å². The molecule has 4 heteroatoms. The molecule has 0 atom stereocenters. The molecule has 0 aliphatic carbocycles. The second kappa shape index (κ2) is 4.72. The van der Waals surface area contributed by atoms with Crippen LogP contribution in [0.5, 0.6) is 5.75 Å².